The summed E-state index contributed by atoms with van der Waals surface area (Å²) in [4.78, 5) is 25.1. The highest BCUT2D eigenvalue weighted by Crippen LogP contribution is 2.36. The van der Waals surface area contributed by atoms with Crippen LogP contribution in [0.1, 0.15) is 19.8 Å². The Balaban J connectivity index is 2.41. The lowest BCUT2D eigenvalue weighted by molar-refractivity contribution is -0.138. The Morgan fingerprint density at radius 2 is 1.95 bits per heavy atom. The predicted molar refractivity (Wildman–Crippen MR) is 77.9 cm³/mol. The Hall–Kier alpha value is -1.52. The third-order valence-corrected chi connectivity index (χ3v) is 3.49. The van der Waals surface area contributed by atoms with E-state index in [9.17, 15) is 9.59 Å². The van der Waals surface area contributed by atoms with Gasteiger partial charge in [0.15, 0.2) is 0 Å². The Bertz CT molecular complexity index is 564. The van der Waals surface area contributed by atoms with Gasteiger partial charge in [0.1, 0.15) is 0 Å². The molecule has 0 bridgehead atoms. The molecule has 0 aliphatic carbocycles. The van der Waals surface area contributed by atoms with Crippen LogP contribution < -0.4 is 4.90 Å². The third-order valence-electron chi connectivity index (χ3n) is 2.88. The van der Waals surface area contributed by atoms with Crippen molar-refractivity contribution in [2.75, 3.05) is 11.5 Å². The molecule has 1 aliphatic heterocycles. The van der Waals surface area contributed by atoms with Gasteiger partial charge in [-0.2, -0.15) is 0 Å². The molecule has 0 aromatic heterocycles. The average molecular weight is 314 g/mol. The van der Waals surface area contributed by atoms with Crippen molar-refractivity contribution in [1.29, 1.82) is 0 Å². The van der Waals surface area contributed by atoms with Crippen molar-refractivity contribution in [1.82, 2.24) is 0 Å². The first-order valence-electron chi connectivity index (χ1n) is 6.18. The maximum absolute atomic E-state index is 12.0. The molecule has 1 amide bonds. The van der Waals surface area contributed by atoms with E-state index in [0.29, 0.717) is 27.7 Å². The quantitative estimate of drug-likeness (QED) is 0.801. The minimum Gasteiger partial charge on any atom is -0.463 e. The van der Waals surface area contributed by atoms with Gasteiger partial charge in [-0.1, -0.05) is 29.3 Å². The second-order valence-corrected chi connectivity index (χ2v) is 5.02. The van der Waals surface area contributed by atoms with Crippen LogP contribution in [0.3, 0.4) is 0 Å². The zero-order chi connectivity index (χ0) is 14.7. The zero-order valence-electron chi connectivity index (χ0n) is 10.9. The van der Waals surface area contributed by atoms with Crippen molar-refractivity contribution in [3.63, 3.8) is 0 Å². The summed E-state index contributed by atoms with van der Waals surface area (Å²) in [6.45, 7) is 2.02. The highest BCUT2D eigenvalue weighted by atomic mass is 35.5. The van der Waals surface area contributed by atoms with Crippen molar-refractivity contribution >= 4 is 40.8 Å². The number of para-hydroxylation sites is 1. The van der Waals surface area contributed by atoms with E-state index in [4.69, 9.17) is 27.9 Å². The van der Waals surface area contributed by atoms with Crippen molar-refractivity contribution in [3.8, 4) is 0 Å². The van der Waals surface area contributed by atoms with Crippen LogP contribution in [0.5, 0.6) is 0 Å². The largest absolute Gasteiger partial charge is 0.463 e. The molecule has 1 aliphatic rings. The molecular formula is C14H13Cl2NO3. The summed E-state index contributed by atoms with van der Waals surface area (Å²) in [5, 5.41) is 0.708. The van der Waals surface area contributed by atoms with Gasteiger partial charge in [-0.05, 0) is 25.5 Å². The highest BCUT2D eigenvalue weighted by Gasteiger charge is 2.26. The minimum absolute atomic E-state index is 0.159. The van der Waals surface area contributed by atoms with E-state index in [1.54, 1.807) is 25.1 Å². The second kappa shape index (κ2) is 6.29. The summed E-state index contributed by atoms with van der Waals surface area (Å²) < 4.78 is 4.95. The zero-order valence-corrected chi connectivity index (χ0v) is 12.4. The van der Waals surface area contributed by atoms with E-state index >= 15 is 0 Å². The number of anilines is 1. The van der Waals surface area contributed by atoms with Crippen LogP contribution in [0, 0.1) is 0 Å². The smallest absolute Gasteiger partial charge is 0.335 e. The molecule has 6 heteroatoms. The standard InChI is InChI=1S/C14H13Cl2NO3/c1-2-20-14(19)9-6-7-12(18)17(8-9)13-10(15)4-3-5-11(13)16/h3-5,8H,2,6-7H2,1H3. The molecule has 1 aromatic carbocycles. The fourth-order valence-electron chi connectivity index (χ4n) is 1.94. The molecular weight excluding hydrogens is 301 g/mol. The summed E-state index contributed by atoms with van der Waals surface area (Å²) in [5.74, 6) is -0.582. The molecule has 1 heterocycles. The van der Waals surface area contributed by atoms with Crippen LogP contribution in [0.25, 0.3) is 0 Å². The number of carbonyl (C=O) groups excluding carboxylic acids is 2. The van der Waals surface area contributed by atoms with Gasteiger partial charge in [0.2, 0.25) is 5.91 Å². The lowest BCUT2D eigenvalue weighted by Gasteiger charge is -2.25. The lowest BCUT2D eigenvalue weighted by atomic mass is 10.1. The molecule has 106 valence electrons. The number of nitrogens with zero attached hydrogens (tertiary/aromatic N) is 1. The normalized spacial score (nSPS) is 15.1. The van der Waals surface area contributed by atoms with Crippen molar-refractivity contribution in [2.45, 2.75) is 19.8 Å². The van der Waals surface area contributed by atoms with Crippen LogP contribution in [0.15, 0.2) is 30.0 Å². The summed E-state index contributed by atoms with van der Waals surface area (Å²) in [5.41, 5.74) is 0.824. The van der Waals surface area contributed by atoms with Gasteiger partial charge in [-0.25, -0.2) is 4.79 Å². The van der Waals surface area contributed by atoms with Crippen molar-refractivity contribution in [2.24, 2.45) is 0 Å². The Labute approximate surface area is 126 Å². The fraction of sp³-hybridized carbons (Fsp3) is 0.286. The molecule has 0 spiro atoms. The van der Waals surface area contributed by atoms with E-state index in [1.807, 2.05) is 0 Å². The van der Waals surface area contributed by atoms with E-state index in [1.165, 1.54) is 11.1 Å². The van der Waals surface area contributed by atoms with Gasteiger partial charge in [-0.15, -0.1) is 0 Å². The number of benzene rings is 1. The van der Waals surface area contributed by atoms with Crippen LogP contribution in [0.4, 0.5) is 5.69 Å². The van der Waals surface area contributed by atoms with Crippen LogP contribution >= 0.6 is 23.2 Å². The third kappa shape index (κ3) is 2.97. The minimum atomic E-state index is -0.423. The molecule has 2 rings (SSSR count). The molecule has 0 N–H and O–H groups in total. The van der Waals surface area contributed by atoms with E-state index in [-0.39, 0.29) is 18.9 Å². The monoisotopic (exact) mass is 313 g/mol. The number of rotatable bonds is 3. The number of amides is 1. The number of ether oxygens (including phenoxy) is 1. The van der Waals surface area contributed by atoms with Gasteiger partial charge in [0, 0.05) is 12.6 Å². The highest BCUT2D eigenvalue weighted by molar-refractivity contribution is 6.40. The summed E-state index contributed by atoms with van der Waals surface area (Å²) >= 11 is 12.2. The molecule has 4 nitrogen and oxygen atoms in total. The molecule has 0 radical (unpaired) electrons. The first-order chi connectivity index (χ1) is 9.54. The number of hydrogen-bond acceptors (Lipinski definition) is 3. The molecule has 0 atom stereocenters. The van der Waals surface area contributed by atoms with Gasteiger partial charge in [-0.3, -0.25) is 9.69 Å². The number of carbonyl (C=O) groups is 2. The molecule has 20 heavy (non-hydrogen) atoms. The van der Waals surface area contributed by atoms with Crippen LogP contribution in [-0.2, 0) is 14.3 Å². The van der Waals surface area contributed by atoms with Gasteiger partial charge in [0.05, 0.1) is 27.9 Å². The topological polar surface area (TPSA) is 46.6 Å². The second-order valence-electron chi connectivity index (χ2n) is 4.21. The number of halogens is 2. The molecule has 0 saturated heterocycles. The van der Waals surface area contributed by atoms with E-state index in [2.05, 4.69) is 0 Å². The molecule has 0 unspecified atom stereocenters. The van der Waals surface area contributed by atoms with Gasteiger partial charge in [0.25, 0.3) is 0 Å². The average Bonchev–Trinajstić information content (AvgIpc) is 2.40. The Kier molecular flexibility index (Phi) is 4.68. The summed E-state index contributed by atoms with van der Waals surface area (Å²) in [6.07, 6.45) is 2.03. The lowest BCUT2D eigenvalue weighted by Crippen LogP contribution is -2.31. The van der Waals surface area contributed by atoms with Crippen LogP contribution in [0.2, 0.25) is 10.0 Å². The first-order valence-corrected chi connectivity index (χ1v) is 6.94. The van der Waals surface area contributed by atoms with Crippen LogP contribution in [-0.4, -0.2) is 18.5 Å². The van der Waals surface area contributed by atoms with Gasteiger partial charge < -0.3 is 4.74 Å². The Morgan fingerprint density at radius 3 is 2.55 bits per heavy atom. The number of hydrogen-bond donors (Lipinski definition) is 0. The SMILES string of the molecule is CCOC(=O)C1=CN(c2c(Cl)cccc2Cl)C(=O)CC1. The fourth-order valence-corrected chi connectivity index (χ4v) is 2.52. The van der Waals surface area contributed by atoms with Crippen molar-refractivity contribution in [3.05, 3.63) is 40.0 Å². The van der Waals surface area contributed by atoms with Gasteiger partial charge >= 0.3 is 5.97 Å². The summed E-state index contributed by atoms with van der Waals surface area (Å²) in [7, 11) is 0. The maximum Gasteiger partial charge on any atom is 0.335 e. The van der Waals surface area contributed by atoms with Crippen molar-refractivity contribution < 1.29 is 14.3 Å². The molecule has 1 aromatic rings. The maximum atomic E-state index is 12.0. The summed E-state index contributed by atoms with van der Waals surface area (Å²) in [6, 6.07) is 4.98. The number of esters is 1. The molecule has 0 fully saturated rings. The first kappa shape index (κ1) is 14.9. The van der Waals surface area contributed by atoms with E-state index < -0.39 is 5.97 Å². The Morgan fingerprint density at radius 1 is 1.30 bits per heavy atom. The predicted octanol–water partition coefficient (Wildman–Crippen LogP) is 3.57. The molecule has 0 saturated carbocycles. The van der Waals surface area contributed by atoms with E-state index in [0.717, 1.165) is 0 Å².